The van der Waals surface area contributed by atoms with Crippen molar-refractivity contribution >= 4 is 11.8 Å². The monoisotopic (exact) mass is 367 g/mol. The van der Waals surface area contributed by atoms with Crippen LogP contribution in [0.25, 0.3) is 0 Å². The Morgan fingerprint density at radius 3 is 2.93 bits per heavy atom. The Balaban J connectivity index is 1.61. The van der Waals surface area contributed by atoms with E-state index in [4.69, 9.17) is 0 Å². The van der Waals surface area contributed by atoms with E-state index in [1.165, 1.54) is 5.69 Å². The van der Waals surface area contributed by atoms with Crippen molar-refractivity contribution in [1.82, 2.24) is 25.0 Å². The van der Waals surface area contributed by atoms with Crippen molar-refractivity contribution in [2.75, 3.05) is 6.54 Å². The van der Waals surface area contributed by atoms with E-state index in [1.54, 1.807) is 12.4 Å². The average Bonchev–Trinajstić information content (AvgIpc) is 3.25. The second kappa shape index (κ2) is 7.50. The first kappa shape index (κ1) is 17.7. The predicted octanol–water partition coefficient (Wildman–Crippen LogP) is 1.61. The Morgan fingerprint density at radius 1 is 1.33 bits per heavy atom. The lowest BCUT2D eigenvalue weighted by Gasteiger charge is -2.26. The Kier molecular flexibility index (Phi) is 4.92. The molecule has 27 heavy (non-hydrogen) atoms. The highest BCUT2D eigenvalue weighted by Crippen LogP contribution is 2.25. The summed E-state index contributed by atoms with van der Waals surface area (Å²) >= 11 is 0. The molecule has 1 aliphatic heterocycles. The molecule has 0 spiro atoms. The first-order chi connectivity index (χ1) is 13.1. The summed E-state index contributed by atoms with van der Waals surface area (Å²) in [7, 11) is 1.92. The standard InChI is InChI=1S/C20H25N5O2/c1-24-17-7-3-2-6-16(17)19(23-24)20(27)25(12-14-5-4-10-21-11-14)13-15-8-9-18(26)22-15/h4-5,10-11,15H,2-3,6-9,12-13H2,1H3,(H,22,26)/t15-/m0/s1. The number of pyridine rings is 1. The lowest BCUT2D eigenvalue weighted by Crippen LogP contribution is -2.42. The van der Waals surface area contributed by atoms with Crippen LogP contribution in [-0.2, 0) is 31.2 Å². The number of aromatic nitrogens is 3. The van der Waals surface area contributed by atoms with Crippen molar-refractivity contribution < 1.29 is 9.59 Å². The highest BCUT2D eigenvalue weighted by molar-refractivity contribution is 5.94. The van der Waals surface area contributed by atoms with Crippen LogP contribution in [0, 0.1) is 0 Å². The van der Waals surface area contributed by atoms with Gasteiger partial charge in [0.05, 0.1) is 0 Å². The molecule has 1 N–H and O–H groups in total. The van der Waals surface area contributed by atoms with E-state index in [-0.39, 0.29) is 17.9 Å². The van der Waals surface area contributed by atoms with Gasteiger partial charge < -0.3 is 10.2 Å². The van der Waals surface area contributed by atoms with Gasteiger partial charge in [-0.3, -0.25) is 19.3 Å². The Morgan fingerprint density at radius 2 is 2.19 bits per heavy atom. The lowest BCUT2D eigenvalue weighted by atomic mass is 9.95. The second-order valence-corrected chi connectivity index (χ2v) is 7.45. The first-order valence-corrected chi connectivity index (χ1v) is 9.64. The number of aryl methyl sites for hydroxylation is 1. The van der Waals surface area contributed by atoms with Crippen LogP contribution in [0.15, 0.2) is 24.5 Å². The summed E-state index contributed by atoms with van der Waals surface area (Å²) in [6.07, 6.45) is 8.92. The molecule has 7 nitrogen and oxygen atoms in total. The van der Waals surface area contributed by atoms with Gasteiger partial charge in [-0.15, -0.1) is 0 Å². The summed E-state index contributed by atoms with van der Waals surface area (Å²) in [5.74, 6) is 0.00254. The molecule has 3 heterocycles. The number of rotatable bonds is 5. The van der Waals surface area contributed by atoms with Crippen LogP contribution in [0.1, 0.15) is 53.0 Å². The number of carbonyl (C=O) groups excluding carboxylic acids is 2. The van der Waals surface area contributed by atoms with Gasteiger partial charge >= 0.3 is 0 Å². The molecule has 2 aromatic rings. The fourth-order valence-electron chi connectivity index (χ4n) is 4.11. The van der Waals surface area contributed by atoms with Gasteiger partial charge in [0.15, 0.2) is 5.69 Å². The summed E-state index contributed by atoms with van der Waals surface area (Å²) in [5.41, 5.74) is 3.82. The third-order valence-corrected chi connectivity index (χ3v) is 5.48. The van der Waals surface area contributed by atoms with Crippen molar-refractivity contribution in [2.45, 2.75) is 51.1 Å². The molecular formula is C20H25N5O2. The summed E-state index contributed by atoms with van der Waals surface area (Å²) in [5, 5.41) is 7.54. The fourth-order valence-corrected chi connectivity index (χ4v) is 4.11. The third-order valence-electron chi connectivity index (χ3n) is 5.48. The third kappa shape index (κ3) is 3.72. The van der Waals surface area contributed by atoms with E-state index < -0.39 is 0 Å². The normalized spacial score (nSPS) is 18.9. The zero-order valence-corrected chi connectivity index (χ0v) is 15.6. The molecule has 0 unspecified atom stereocenters. The highest BCUT2D eigenvalue weighted by atomic mass is 16.2. The van der Waals surface area contributed by atoms with E-state index >= 15 is 0 Å². The maximum Gasteiger partial charge on any atom is 0.275 e. The van der Waals surface area contributed by atoms with E-state index in [0.29, 0.717) is 25.2 Å². The molecule has 1 atom stereocenters. The minimum absolute atomic E-state index is 0.00217. The first-order valence-electron chi connectivity index (χ1n) is 9.64. The largest absolute Gasteiger partial charge is 0.352 e. The number of hydrogen-bond donors (Lipinski definition) is 1. The predicted molar refractivity (Wildman–Crippen MR) is 100.0 cm³/mol. The number of carbonyl (C=O) groups is 2. The van der Waals surface area contributed by atoms with Gasteiger partial charge in [0.2, 0.25) is 5.91 Å². The van der Waals surface area contributed by atoms with Crippen LogP contribution < -0.4 is 5.32 Å². The van der Waals surface area contributed by atoms with Crippen molar-refractivity contribution in [3.05, 3.63) is 47.0 Å². The molecule has 1 fully saturated rings. The molecule has 2 amide bonds. The van der Waals surface area contributed by atoms with Gasteiger partial charge in [0.25, 0.3) is 5.91 Å². The fraction of sp³-hybridized carbons (Fsp3) is 0.500. The molecule has 7 heteroatoms. The maximum absolute atomic E-state index is 13.4. The smallest absolute Gasteiger partial charge is 0.275 e. The van der Waals surface area contributed by atoms with Gasteiger partial charge in [0.1, 0.15) is 0 Å². The lowest BCUT2D eigenvalue weighted by molar-refractivity contribution is -0.119. The number of fused-ring (bicyclic) bond motifs is 1. The molecular weight excluding hydrogens is 342 g/mol. The molecule has 1 saturated heterocycles. The number of hydrogen-bond acceptors (Lipinski definition) is 4. The van der Waals surface area contributed by atoms with E-state index in [2.05, 4.69) is 15.4 Å². The van der Waals surface area contributed by atoms with Crippen LogP contribution in [0.2, 0.25) is 0 Å². The topological polar surface area (TPSA) is 80.1 Å². The summed E-state index contributed by atoms with van der Waals surface area (Å²) in [4.78, 5) is 31.0. The zero-order chi connectivity index (χ0) is 18.8. The molecule has 142 valence electrons. The zero-order valence-electron chi connectivity index (χ0n) is 15.6. The van der Waals surface area contributed by atoms with Gasteiger partial charge in [-0.25, -0.2) is 0 Å². The molecule has 0 aromatic carbocycles. The molecule has 2 aliphatic rings. The van der Waals surface area contributed by atoms with Crippen LogP contribution >= 0.6 is 0 Å². The van der Waals surface area contributed by atoms with E-state index in [1.807, 2.05) is 28.8 Å². The molecule has 1 aliphatic carbocycles. The van der Waals surface area contributed by atoms with Crippen molar-refractivity contribution in [2.24, 2.45) is 7.05 Å². The Labute approximate surface area is 158 Å². The van der Waals surface area contributed by atoms with E-state index in [0.717, 1.165) is 43.2 Å². The van der Waals surface area contributed by atoms with Crippen molar-refractivity contribution in [3.63, 3.8) is 0 Å². The molecule has 0 bridgehead atoms. The molecule has 2 aromatic heterocycles. The van der Waals surface area contributed by atoms with Crippen LogP contribution in [0.4, 0.5) is 0 Å². The van der Waals surface area contributed by atoms with Crippen molar-refractivity contribution in [1.29, 1.82) is 0 Å². The molecule has 0 saturated carbocycles. The van der Waals surface area contributed by atoms with E-state index in [9.17, 15) is 9.59 Å². The maximum atomic E-state index is 13.4. The summed E-state index contributed by atoms with van der Waals surface area (Å²) < 4.78 is 1.86. The van der Waals surface area contributed by atoms with Crippen molar-refractivity contribution in [3.8, 4) is 0 Å². The number of nitrogens with zero attached hydrogens (tertiary/aromatic N) is 4. The second-order valence-electron chi connectivity index (χ2n) is 7.45. The van der Waals surface area contributed by atoms with Crippen LogP contribution in [-0.4, -0.2) is 44.1 Å². The highest BCUT2D eigenvalue weighted by Gasteiger charge is 2.30. The number of amides is 2. The van der Waals surface area contributed by atoms with Gasteiger partial charge in [-0.1, -0.05) is 6.07 Å². The van der Waals surface area contributed by atoms with Crippen LogP contribution in [0.3, 0.4) is 0 Å². The van der Waals surface area contributed by atoms with Gasteiger partial charge in [-0.2, -0.15) is 5.10 Å². The van der Waals surface area contributed by atoms with Gasteiger partial charge in [-0.05, 0) is 43.7 Å². The minimum Gasteiger partial charge on any atom is -0.352 e. The SMILES string of the molecule is Cn1nc(C(=O)N(Cc2cccnc2)C[C@@H]2CCC(=O)N2)c2c1CCCC2. The average molecular weight is 367 g/mol. The Bertz CT molecular complexity index is 846. The van der Waals surface area contributed by atoms with Gasteiger partial charge in [0, 0.05) is 56.3 Å². The minimum atomic E-state index is -0.0567. The Hall–Kier alpha value is -2.70. The summed E-state index contributed by atoms with van der Waals surface area (Å²) in [6.45, 7) is 0.954. The molecule has 4 rings (SSSR count). The summed E-state index contributed by atoms with van der Waals surface area (Å²) in [6, 6.07) is 3.84. The quantitative estimate of drug-likeness (QED) is 0.871. The van der Waals surface area contributed by atoms with Crippen LogP contribution in [0.5, 0.6) is 0 Å². The number of nitrogens with one attached hydrogen (secondary N) is 1. The molecule has 0 radical (unpaired) electrons.